The Bertz CT molecular complexity index is 520. The number of halogens is 1. The highest BCUT2D eigenvalue weighted by Crippen LogP contribution is 2.21. The third-order valence-corrected chi connectivity index (χ3v) is 5.13. The van der Waals surface area contributed by atoms with Crippen LogP contribution in [0.15, 0.2) is 15.9 Å². The van der Waals surface area contributed by atoms with Crippen molar-refractivity contribution in [3.8, 4) is 0 Å². The summed E-state index contributed by atoms with van der Waals surface area (Å²) in [5, 5.41) is 9.09. The molecule has 2 rings (SSSR count). The zero-order valence-corrected chi connectivity index (χ0v) is 14.5. The minimum Gasteiger partial charge on any atom is -0.351 e. The van der Waals surface area contributed by atoms with E-state index in [1.54, 1.807) is 13.0 Å². The third-order valence-electron chi connectivity index (χ3n) is 3.51. The number of hydrogen-bond donors (Lipinski definition) is 3. The maximum Gasteiger partial charge on any atom is 0.262 e. The molecule has 0 aromatic carbocycles. The number of thiophene rings is 1. The zero-order valence-electron chi connectivity index (χ0n) is 12.1. The SMILES string of the molecule is CC1CC(NC(=O)C(C)NC(=O)c2ccc(Br)s2)CCN1. The van der Waals surface area contributed by atoms with Crippen molar-refractivity contribution in [2.24, 2.45) is 0 Å². The molecule has 1 aliphatic rings. The van der Waals surface area contributed by atoms with Crippen molar-refractivity contribution in [3.05, 3.63) is 20.8 Å². The van der Waals surface area contributed by atoms with Gasteiger partial charge in [0.15, 0.2) is 0 Å². The van der Waals surface area contributed by atoms with Crippen molar-refractivity contribution in [2.45, 2.75) is 44.8 Å². The average Bonchev–Trinajstić information content (AvgIpc) is 2.85. The van der Waals surface area contributed by atoms with Crippen molar-refractivity contribution >= 4 is 39.1 Å². The fraction of sp³-hybridized carbons (Fsp3) is 0.571. The van der Waals surface area contributed by atoms with E-state index in [4.69, 9.17) is 0 Å². The van der Waals surface area contributed by atoms with E-state index in [-0.39, 0.29) is 17.9 Å². The summed E-state index contributed by atoms with van der Waals surface area (Å²) in [5.74, 6) is -0.342. The first-order valence-corrected chi connectivity index (χ1v) is 8.66. The van der Waals surface area contributed by atoms with Gasteiger partial charge in [0, 0.05) is 12.1 Å². The van der Waals surface area contributed by atoms with Gasteiger partial charge in [-0.3, -0.25) is 9.59 Å². The molecule has 1 fully saturated rings. The topological polar surface area (TPSA) is 70.2 Å². The molecule has 0 saturated carbocycles. The molecule has 0 spiro atoms. The Morgan fingerprint density at radius 1 is 1.48 bits per heavy atom. The minimum atomic E-state index is -0.538. The Kier molecular flexibility index (Phi) is 5.78. The lowest BCUT2D eigenvalue weighted by atomic mass is 10.0. The second-order valence-corrected chi connectivity index (χ2v) is 7.85. The van der Waals surface area contributed by atoms with Gasteiger partial charge >= 0.3 is 0 Å². The fourth-order valence-electron chi connectivity index (χ4n) is 2.36. The molecule has 1 aromatic heterocycles. The maximum atomic E-state index is 12.1. The average molecular weight is 374 g/mol. The van der Waals surface area contributed by atoms with E-state index in [1.165, 1.54) is 11.3 Å². The molecule has 0 bridgehead atoms. The maximum absolute atomic E-state index is 12.1. The van der Waals surface area contributed by atoms with E-state index in [2.05, 4.69) is 38.8 Å². The van der Waals surface area contributed by atoms with E-state index < -0.39 is 6.04 Å². The predicted octanol–water partition coefficient (Wildman–Crippen LogP) is 1.89. The molecular weight excluding hydrogens is 354 g/mol. The number of carbonyl (C=O) groups excluding carboxylic acids is 2. The van der Waals surface area contributed by atoms with Crippen molar-refractivity contribution in [1.29, 1.82) is 0 Å². The molecule has 116 valence electrons. The summed E-state index contributed by atoms with van der Waals surface area (Å²) in [6, 6.07) is 3.62. The number of hydrogen-bond acceptors (Lipinski definition) is 4. The standard InChI is InChI=1S/C14H20BrN3O2S/c1-8-7-10(5-6-16-8)18-13(19)9(2)17-14(20)11-3-4-12(15)21-11/h3-4,8-10,16H,5-7H2,1-2H3,(H,17,20)(H,18,19). The second-order valence-electron chi connectivity index (χ2n) is 5.38. The summed E-state index contributed by atoms with van der Waals surface area (Å²) in [6.07, 6.45) is 1.85. The van der Waals surface area contributed by atoms with Gasteiger partial charge in [-0.15, -0.1) is 11.3 Å². The molecule has 3 unspecified atom stereocenters. The Hall–Kier alpha value is -0.920. The van der Waals surface area contributed by atoms with Crippen LogP contribution in [0.1, 0.15) is 36.4 Å². The van der Waals surface area contributed by atoms with E-state index in [9.17, 15) is 9.59 Å². The summed E-state index contributed by atoms with van der Waals surface area (Å²) in [7, 11) is 0. The second kappa shape index (κ2) is 7.38. The lowest BCUT2D eigenvalue weighted by Gasteiger charge is -2.29. The largest absolute Gasteiger partial charge is 0.351 e. The predicted molar refractivity (Wildman–Crippen MR) is 87.6 cm³/mol. The Morgan fingerprint density at radius 2 is 2.24 bits per heavy atom. The van der Waals surface area contributed by atoms with E-state index in [0.717, 1.165) is 23.2 Å². The Morgan fingerprint density at radius 3 is 2.86 bits per heavy atom. The fourth-order valence-corrected chi connectivity index (χ4v) is 3.65. The smallest absolute Gasteiger partial charge is 0.262 e. The van der Waals surface area contributed by atoms with Gasteiger partial charge in [0.25, 0.3) is 5.91 Å². The first kappa shape index (κ1) is 16.5. The van der Waals surface area contributed by atoms with Crippen molar-refractivity contribution in [1.82, 2.24) is 16.0 Å². The van der Waals surface area contributed by atoms with Gasteiger partial charge in [0.1, 0.15) is 6.04 Å². The van der Waals surface area contributed by atoms with Gasteiger partial charge in [-0.2, -0.15) is 0 Å². The third kappa shape index (κ3) is 4.79. The number of carbonyl (C=O) groups is 2. The highest BCUT2D eigenvalue weighted by atomic mass is 79.9. The quantitative estimate of drug-likeness (QED) is 0.754. The normalized spacial score (nSPS) is 23.4. The minimum absolute atomic E-state index is 0.127. The van der Waals surface area contributed by atoms with Crippen LogP contribution in [0.3, 0.4) is 0 Å². The van der Waals surface area contributed by atoms with Crippen molar-refractivity contribution in [2.75, 3.05) is 6.54 Å². The van der Waals surface area contributed by atoms with Crippen LogP contribution < -0.4 is 16.0 Å². The highest BCUT2D eigenvalue weighted by molar-refractivity contribution is 9.11. The van der Waals surface area contributed by atoms with Crippen molar-refractivity contribution < 1.29 is 9.59 Å². The van der Waals surface area contributed by atoms with E-state index in [1.807, 2.05) is 6.07 Å². The molecule has 3 N–H and O–H groups in total. The van der Waals surface area contributed by atoms with Crippen molar-refractivity contribution in [3.63, 3.8) is 0 Å². The van der Waals surface area contributed by atoms with Crippen LogP contribution in [0.2, 0.25) is 0 Å². The highest BCUT2D eigenvalue weighted by Gasteiger charge is 2.23. The molecule has 5 nitrogen and oxygen atoms in total. The first-order valence-electron chi connectivity index (χ1n) is 7.05. The van der Waals surface area contributed by atoms with Crippen LogP contribution in [0.4, 0.5) is 0 Å². The lowest BCUT2D eigenvalue weighted by Crippen LogP contribution is -2.52. The van der Waals surface area contributed by atoms with Crippen LogP contribution in [0, 0.1) is 0 Å². The van der Waals surface area contributed by atoms with Gasteiger partial charge in [-0.25, -0.2) is 0 Å². The van der Waals surface area contributed by atoms with E-state index in [0.29, 0.717) is 10.9 Å². The summed E-state index contributed by atoms with van der Waals surface area (Å²) < 4.78 is 0.897. The lowest BCUT2D eigenvalue weighted by molar-refractivity contribution is -0.123. The summed E-state index contributed by atoms with van der Waals surface area (Å²) in [5.41, 5.74) is 0. The number of rotatable bonds is 4. The van der Waals surface area contributed by atoms with Crippen LogP contribution >= 0.6 is 27.3 Å². The van der Waals surface area contributed by atoms with Crippen LogP contribution in [-0.4, -0.2) is 36.5 Å². The molecule has 0 aliphatic carbocycles. The molecule has 1 aromatic rings. The van der Waals surface area contributed by atoms with Gasteiger partial charge < -0.3 is 16.0 Å². The van der Waals surface area contributed by atoms with Crippen LogP contribution in [0.25, 0.3) is 0 Å². The Balaban J connectivity index is 1.83. The molecular formula is C14H20BrN3O2S. The van der Waals surface area contributed by atoms with Gasteiger partial charge in [-0.05, 0) is 61.3 Å². The van der Waals surface area contributed by atoms with Gasteiger partial charge in [0.2, 0.25) is 5.91 Å². The molecule has 2 amide bonds. The monoisotopic (exact) mass is 373 g/mol. The summed E-state index contributed by atoms with van der Waals surface area (Å²) >= 11 is 4.67. The first-order chi connectivity index (χ1) is 9.95. The molecule has 21 heavy (non-hydrogen) atoms. The van der Waals surface area contributed by atoms with Gasteiger partial charge in [-0.1, -0.05) is 0 Å². The van der Waals surface area contributed by atoms with Gasteiger partial charge in [0.05, 0.1) is 8.66 Å². The molecule has 0 radical (unpaired) electrons. The molecule has 7 heteroatoms. The molecule has 1 aliphatic heterocycles. The number of piperidine rings is 1. The summed E-state index contributed by atoms with van der Waals surface area (Å²) in [6.45, 7) is 4.73. The number of amides is 2. The molecule has 1 saturated heterocycles. The zero-order chi connectivity index (χ0) is 15.4. The van der Waals surface area contributed by atoms with Crippen LogP contribution in [0.5, 0.6) is 0 Å². The number of nitrogens with one attached hydrogen (secondary N) is 3. The summed E-state index contributed by atoms with van der Waals surface area (Å²) in [4.78, 5) is 24.7. The Labute approximate surface area is 137 Å². The molecule has 3 atom stereocenters. The van der Waals surface area contributed by atoms with Crippen LogP contribution in [-0.2, 0) is 4.79 Å². The molecule has 2 heterocycles. The van der Waals surface area contributed by atoms with E-state index >= 15 is 0 Å².